The van der Waals surface area contributed by atoms with Gasteiger partial charge >= 0.3 is 6.03 Å². The number of ether oxygens (including phenoxy) is 2. The highest BCUT2D eigenvalue weighted by Gasteiger charge is 2.54. The molecule has 0 radical (unpaired) electrons. The molecule has 2 aliphatic heterocycles. The molecule has 2 saturated heterocycles. The van der Waals surface area contributed by atoms with E-state index in [-0.39, 0.29) is 24.4 Å². The second-order valence-corrected chi connectivity index (χ2v) is 10.7. The first-order valence-corrected chi connectivity index (χ1v) is 14.0. The van der Waals surface area contributed by atoms with Crippen LogP contribution < -0.4 is 19.7 Å². The lowest BCUT2D eigenvalue weighted by Gasteiger charge is -2.43. The van der Waals surface area contributed by atoms with Gasteiger partial charge in [0.2, 0.25) is 5.91 Å². The van der Waals surface area contributed by atoms with Gasteiger partial charge in [0.05, 0.1) is 26.6 Å². The van der Waals surface area contributed by atoms with E-state index in [1.807, 2.05) is 60.7 Å². The van der Waals surface area contributed by atoms with E-state index < -0.39 is 5.54 Å². The van der Waals surface area contributed by atoms with Crippen LogP contribution in [0.25, 0.3) is 0 Å². The maximum Gasteiger partial charge on any atom is 0.321 e. The molecule has 2 aliphatic rings. The Morgan fingerprint density at radius 2 is 1.60 bits per heavy atom. The van der Waals surface area contributed by atoms with Crippen LogP contribution in [0.3, 0.4) is 0 Å². The lowest BCUT2D eigenvalue weighted by molar-refractivity contribution is -0.140. The second-order valence-electron chi connectivity index (χ2n) is 10.7. The van der Waals surface area contributed by atoms with Crippen molar-refractivity contribution in [3.05, 3.63) is 84.4 Å². The van der Waals surface area contributed by atoms with Crippen LogP contribution in [0, 0.1) is 0 Å². The molecule has 0 aromatic heterocycles. The number of likely N-dealkylation sites (N-methyl/N-ethyl adjacent to an activating group) is 1. The summed E-state index contributed by atoms with van der Waals surface area (Å²) in [5.74, 6) is 0.918. The predicted molar refractivity (Wildman–Crippen MR) is 161 cm³/mol. The van der Waals surface area contributed by atoms with Gasteiger partial charge in [-0.15, -0.1) is 0 Å². The predicted octanol–water partition coefficient (Wildman–Crippen LogP) is 4.04. The number of rotatable bonds is 8. The monoisotopic (exact) mass is 571 g/mol. The molecule has 0 unspecified atom stereocenters. The number of anilines is 2. The van der Waals surface area contributed by atoms with Gasteiger partial charge in [-0.3, -0.25) is 9.59 Å². The molecule has 0 atom stereocenters. The SMILES string of the molecule is COc1ccc(NC(=O)N2CCC3(CC2)C(=O)N(CC(=O)N(C)Cc2ccccc2)CN3c2ccccc2)c(OC)c1. The molecular weight excluding hydrogens is 534 g/mol. The first-order valence-electron chi connectivity index (χ1n) is 14.0. The quantitative estimate of drug-likeness (QED) is 0.439. The molecular formula is C32H37N5O5. The minimum atomic E-state index is -0.839. The van der Waals surface area contributed by atoms with Crippen molar-refractivity contribution in [1.29, 1.82) is 0 Å². The molecule has 0 bridgehead atoms. The van der Waals surface area contributed by atoms with E-state index in [0.29, 0.717) is 56.3 Å². The summed E-state index contributed by atoms with van der Waals surface area (Å²) in [5.41, 5.74) is 1.64. The van der Waals surface area contributed by atoms with Gasteiger partial charge in [0, 0.05) is 38.4 Å². The van der Waals surface area contributed by atoms with Gasteiger partial charge in [0.25, 0.3) is 5.91 Å². The smallest absolute Gasteiger partial charge is 0.321 e. The first-order chi connectivity index (χ1) is 20.3. The summed E-state index contributed by atoms with van der Waals surface area (Å²) in [5, 5.41) is 2.93. The normalized spacial score (nSPS) is 16.0. The molecule has 4 amide bonds. The summed E-state index contributed by atoms with van der Waals surface area (Å²) in [6, 6.07) is 24.5. The Kier molecular flexibility index (Phi) is 8.51. The van der Waals surface area contributed by atoms with Crippen molar-refractivity contribution in [2.45, 2.75) is 24.9 Å². The third kappa shape index (κ3) is 5.83. The average Bonchev–Trinajstić information content (AvgIpc) is 3.28. The summed E-state index contributed by atoms with van der Waals surface area (Å²) in [4.78, 5) is 47.6. The Hall–Kier alpha value is -4.73. The lowest BCUT2D eigenvalue weighted by Crippen LogP contribution is -2.58. The highest BCUT2D eigenvalue weighted by molar-refractivity contribution is 5.97. The molecule has 3 aromatic rings. The van der Waals surface area contributed by atoms with Crippen molar-refractivity contribution < 1.29 is 23.9 Å². The van der Waals surface area contributed by atoms with E-state index in [2.05, 4.69) is 10.2 Å². The average molecular weight is 572 g/mol. The molecule has 5 rings (SSSR count). The number of amides is 4. The van der Waals surface area contributed by atoms with Gasteiger partial charge in [-0.1, -0.05) is 48.5 Å². The van der Waals surface area contributed by atoms with Crippen LogP contribution >= 0.6 is 0 Å². The molecule has 0 saturated carbocycles. The van der Waals surface area contributed by atoms with Crippen molar-refractivity contribution in [1.82, 2.24) is 14.7 Å². The number of hydrogen-bond donors (Lipinski definition) is 1. The number of hydrogen-bond acceptors (Lipinski definition) is 6. The zero-order chi connectivity index (χ0) is 29.7. The van der Waals surface area contributed by atoms with E-state index in [1.54, 1.807) is 47.1 Å². The van der Waals surface area contributed by atoms with Crippen LogP contribution in [0.2, 0.25) is 0 Å². The summed E-state index contributed by atoms with van der Waals surface area (Å²) >= 11 is 0. The molecule has 0 aliphatic carbocycles. The third-order valence-electron chi connectivity index (χ3n) is 8.12. The third-order valence-corrected chi connectivity index (χ3v) is 8.12. The first kappa shape index (κ1) is 28.8. The number of carbonyl (C=O) groups is 3. The molecule has 10 nitrogen and oxygen atoms in total. The molecule has 42 heavy (non-hydrogen) atoms. The number of methoxy groups -OCH3 is 2. The van der Waals surface area contributed by atoms with Crippen molar-refractivity contribution in [3.8, 4) is 11.5 Å². The Morgan fingerprint density at radius 3 is 2.24 bits per heavy atom. The zero-order valence-electron chi connectivity index (χ0n) is 24.3. The number of likely N-dealkylation sites (tertiary alicyclic amines) is 1. The van der Waals surface area contributed by atoms with Gasteiger partial charge in [-0.2, -0.15) is 0 Å². The van der Waals surface area contributed by atoms with Crippen molar-refractivity contribution >= 4 is 29.2 Å². The number of nitrogens with one attached hydrogen (secondary N) is 1. The number of benzene rings is 3. The maximum absolute atomic E-state index is 14.1. The largest absolute Gasteiger partial charge is 0.497 e. The highest BCUT2D eigenvalue weighted by Crippen LogP contribution is 2.40. The number of urea groups is 1. The van der Waals surface area contributed by atoms with E-state index in [1.165, 1.54) is 7.11 Å². The van der Waals surface area contributed by atoms with Crippen molar-refractivity contribution in [3.63, 3.8) is 0 Å². The fraction of sp³-hybridized carbons (Fsp3) is 0.344. The Labute approximate surface area is 246 Å². The maximum atomic E-state index is 14.1. The van der Waals surface area contributed by atoms with Crippen LogP contribution in [-0.2, 0) is 16.1 Å². The summed E-state index contributed by atoms with van der Waals surface area (Å²) in [6.45, 7) is 1.54. The standard InChI is InChI=1S/C32H37N5O5/c1-34(21-24-10-6-4-7-11-24)29(38)22-36-23-37(25-12-8-5-9-13-25)32(30(36)39)16-18-35(19-17-32)31(40)33-27-15-14-26(41-2)20-28(27)42-3/h4-15,20H,16-19,21-23H2,1-3H3,(H,33,40). The van der Waals surface area contributed by atoms with Crippen LogP contribution in [-0.4, -0.2) is 85.7 Å². The van der Waals surface area contributed by atoms with Crippen molar-refractivity contribution in [2.24, 2.45) is 0 Å². The number of carbonyl (C=O) groups excluding carboxylic acids is 3. The minimum Gasteiger partial charge on any atom is -0.497 e. The van der Waals surface area contributed by atoms with Gasteiger partial charge in [-0.25, -0.2) is 4.79 Å². The molecule has 3 aromatic carbocycles. The highest BCUT2D eigenvalue weighted by atomic mass is 16.5. The van der Waals surface area contributed by atoms with Crippen LogP contribution in [0.5, 0.6) is 11.5 Å². The Balaban J connectivity index is 1.29. The van der Waals surface area contributed by atoms with Gasteiger partial charge < -0.3 is 34.4 Å². The minimum absolute atomic E-state index is 0.00524. The van der Waals surface area contributed by atoms with E-state index in [4.69, 9.17) is 9.47 Å². The fourth-order valence-corrected chi connectivity index (χ4v) is 5.73. The second kappa shape index (κ2) is 12.4. The molecule has 2 fully saturated rings. The van der Waals surface area contributed by atoms with E-state index in [0.717, 1.165) is 11.3 Å². The molecule has 10 heteroatoms. The van der Waals surface area contributed by atoms with Gasteiger partial charge in [-0.05, 0) is 42.7 Å². The van der Waals surface area contributed by atoms with Gasteiger partial charge in [0.1, 0.15) is 23.6 Å². The topological polar surface area (TPSA) is 94.7 Å². The molecule has 220 valence electrons. The van der Waals surface area contributed by atoms with Crippen LogP contribution in [0.15, 0.2) is 78.9 Å². The van der Waals surface area contributed by atoms with E-state index >= 15 is 0 Å². The zero-order valence-corrected chi connectivity index (χ0v) is 24.3. The van der Waals surface area contributed by atoms with Gasteiger partial charge in [0.15, 0.2) is 0 Å². The summed E-state index contributed by atoms with van der Waals surface area (Å²) in [6.07, 6.45) is 0.886. The summed E-state index contributed by atoms with van der Waals surface area (Å²) < 4.78 is 10.7. The summed E-state index contributed by atoms with van der Waals surface area (Å²) in [7, 11) is 4.87. The number of piperidine rings is 1. The van der Waals surface area contributed by atoms with Crippen molar-refractivity contribution in [2.75, 3.05) is 57.8 Å². The number of nitrogens with zero attached hydrogens (tertiary/aromatic N) is 4. The van der Waals surface area contributed by atoms with Crippen LogP contribution in [0.4, 0.5) is 16.2 Å². The lowest BCUT2D eigenvalue weighted by atomic mass is 9.85. The fourth-order valence-electron chi connectivity index (χ4n) is 5.73. The Morgan fingerprint density at radius 1 is 0.929 bits per heavy atom. The van der Waals surface area contributed by atoms with Crippen LogP contribution in [0.1, 0.15) is 18.4 Å². The molecule has 1 N–H and O–H groups in total. The van der Waals surface area contributed by atoms with E-state index in [9.17, 15) is 14.4 Å². The molecule has 2 heterocycles. The Bertz CT molecular complexity index is 1410. The number of para-hydroxylation sites is 1. The molecule has 1 spiro atoms.